The van der Waals surface area contributed by atoms with E-state index in [-0.39, 0.29) is 11.3 Å². The van der Waals surface area contributed by atoms with Crippen LogP contribution < -0.4 is 5.56 Å². The van der Waals surface area contributed by atoms with E-state index in [0.717, 1.165) is 17.9 Å². The summed E-state index contributed by atoms with van der Waals surface area (Å²) in [6.07, 6.45) is 5.19. The van der Waals surface area contributed by atoms with Crippen LogP contribution in [-0.4, -0.2) is 10.1 Å². The summed E-state index contributed by atoms with van der Waals surface area (Å²) < 4.78 is 0. The first-order valence-corrected chi connectivity index (χ1v) is 6.73. The molecule has 2 N–H and O–H groups in total. The number of hydrogen-bond donors (Lipinski definition) is 2. The molecule has 19 heavy (non-hydrogen) atoms. The molecule has 98 valence electrons. The molecule has 1 fully saturated rings. The molecule has 0 radical (unpaired) electrons. The molecule has 0 bridgehead atoms. The number of hydrogen-bond acceptors (Lipinski definition) is 2. The maximum Gasteiger partial charge on any atom is 0.252 e. The van der Waals surface area contributed by atoms with Gasteiger partial charge in [0.2, 0.25) is 0 Å². The van der Waals surface area contributed by atoms with E-state index in [4.69, 9.17) is 0 Å². The summed E-state index contributed by atoms with van der Waals surface area (Å²) in [6, 6.07) is 10.9. The highest BCUT2D eigenvalue weighted by Gasteiger charge is 2.20. The molecule has 1 aliphatic rings. The van der Waals surface area contributed by atoms with Gasteiger partial charge in [-0.05, 0) is 29.9 Å². The van der Waals surface area contributed by atoms with E-state index in [9.17, 15) is 9.90 Å². The van der Waals surface area contributed by atoms with Crippen molar-refractivity contribution in [3.63, 3.8) is 0 Å². The van der Waals surface area contributed by atoms with Crippen LogP contribution in [0.2, 0.25) is 0 Å². The second-order valence-electron chi connectivity index (χ2n) is 5.30. The van der Waals surface area contributed by atoms with Crippen molar-refractivity contribution in [1.29, 1.82) is 0 Å². The third kappa shape index (κ3) is 3.05. The van der Waals surface area contributed by atoms with Crippen molar-refractivity contribution < 1.29 is 5.11 Å². The summed E-state index contributed by atoms with van der Waals surface area (Å²) in [5.74, 6) is 0.943. The minimum absolute atomic E-state index is 0.00319. The second-order valence-corrected chi connectivity index (χ2v) is 5.30. The van der Waals surface area contributed by atoms with Gasteiger partial charge in [0.1, 0.15) is 5.75 Å². The molecule has 0 atom stereocenters. The van der Waals surface area contributed by atoms with Crippen LogP contribution in [0.1, 0.15) is 24.8 Å². The average molecular weight is 255 g/mol. The first-order chi connectivity index (χ1) is 9.20. The van der Waals surface area contributed by atoms with Gasteiger partial charge < -0.3 is 10.1 Å². The van der Waals surface area contributed by atoms with E-state index in [1.54, 1.807) is 6.07 Å². The topological polar surface area (TPSA) is 53.1 Å². The zero-order chi connectivity index (χ0) is 13.2. The Bertz CT molecular complexity index is 624. The monoisotopic (exact) mass is 255 g/mol. The fourth-order valence-corrected chi connectivity index (χ4v) is 2.31. The highest BCUT2D eigenvalue weighted by atomic mass is 16.3. The number of aromatic nitrogens is 1. The molecule has 0 amide bonds. The lowest BCUT2D eigenvalue weighted by Gasteiger charge is -2.05. The van der Waals surface area contributed by atoms with Gasteiger partial charge in [-0.3, -0.25) is 4.79 Å². The van der Waals surface area contributed by atoms with Crippen molar-refractivity contribution in [1.82, 2.24) is 4.98 Å². The summed E-state index contributed by atoms with van der Waals surface area (Å²) in [6.45, 7) is 0. The molecule has 1 heterocycles. The van der Waals surface area contributed by atoms with Gasteiger partial charge in [0.15, 0.2) is 0 Å². The van der Waals surface area contributed by atoms with Gasteiger partial charge in [0, 0.05) is 12.1 Å². The Morgan fingerprint density at radius 2 is 1.89 bits per heavy atom. The predicted molar refractivity (Wildman–Crippen MR) is 75.2 cm³/mol. The van der Waals surface area contributed by atoms with Crippen LogP contribution in [0.5, 0.6) is 5.75 Å². The maximum atomic E-state index is 11.3. The molecule has 0 saturated heterocycles. The Hall–Kier alpha value is -2.03. The Labute approximate surface area is 111 Å². The molecule has 3 nitrogen and oxygen atoms in total. The number of rotatable bonds is 4. The molecule has 0 spiro atoms. The predicted octanol–water partition coefficient (Wildman–Crippen LogP) is 3.09. The van der Waals surface area contributed by atoms with Crippen LogP contribution in [0.3, 0.4) is 0 Å². The fraction of sp³-hybridized carbons (Fsp3) is 0.312. The van der Waals surface area contributed by atoms with E-state index in [2.05, 4.69) is 17.1 Å². The Morgan fingerprint density at radius 1 is 1.16 bits per heavy atom. The largest absolute Gasteiger partial charge is 0.508 e. The molecule has 0 unspecified atom stereocenters. The molecule has 3 heteroatoms. The Balaban J connectivity index is 1.78. The number of aromatic amines is 1. The zero-order valence-electron chi connectivity index (χ0n) is 10.7. The molecule has 0 aliphatic heterocycles. The van der Waals surface area contributed by atoms with Gasteiger partial charge >= 0.3 is 0 Å². The summed E-state index contributed by atoms with van der Waals surface area (Å²) in [7, 11) is 0. The van der Waals surface area contributed by atoms with Crippen molar-refractivity contribution in [2.75, 3.05) is 0 Å². The molecule has 3 rings (SSSR count). The number of pyridine rings is 1. The maximum absolute atomic E-state index is 11.3. The van der Waals surface area contributed by atoms with E-state index >= 15 is 0 Å². The average Bonchev–Trinajstić information content (AvgIpc) is 3.20. The van der Waals surface area contributed by atoms with E-state index < -0.39 is 0 Å². The van der Waals surface area contributed by atoms with Gasteiger partial charge in [0.05, 0.1) is 5.69 Å². The lowest BCUT2D eigenvalue weighted by molar-refractivity contribution is 0.474. The quantitative estimate of drug-likeness (QED) is 0.882. The normalized spacial score (nSPS) is 14.5. The van der Waals surface area contributed by atoms with Crippen molar-refractivity contribution in [2.24, 2.45) is 5.92 Å². The molecule has 1 aromatic heterocycles. The standard InChI is InChI=1S/C16H17NO2/c18-14-9-15(17-16(19)10-14)13-7-5-12(6-8-13)4-3-11-1-2-11/h5-11H,1-4H2,(H2,17,18,19). The first-order valence-electron chi connectivity index (χ1n) is 6.73. The Kier molecular flexibility index (Phi) is 3.11. The Morgan fingerprint density at radius 3 is 2.53 bits per heavy atom. The molecular formula is C16H17NO2. The first kappa shape index (κ1) is 12.0. The van der Waals surface area contributed by atoms with Crippen LogP contribution in [0.4, 0.5) is 0 Å². The van der Waals surface area contributed by atoms with Gasteiger partial charge in [-0.15, -0.1) is 0 Å². The minimum atomic E-state index is -0.284. The third-order valence-electron chi connectivity index (χ3n) is 3.63. The van der Waals surface area contributed by atoms with Crippen molar-refractivity contribution >= 4 is 0 Å². The van der Waals surface area contributed by atoms with Crippen LogP contribution in [0, 0.1) is 5.92 Å². The SMILES string of the molecule is O=c1cc(O)cc(-c2ccc(CCC3CC3)cc2)[nH]1. The lowest BCUT2D eigenvalue weighted by Crippen LogP contribution is -2.04. The number of benzene rings is 1. The van der Waals surface area contributed by atoms with E-state index in [1.807, 2.05) is 12.1 Å². The smallest absolute Gasteiger partial charge is 0.252 e. The number of nitrogens with one attached hydrogen (secondary N) is 1. The van der Waals surface area contributed by atoms with Crippen LogP contribution in [0.25, 0.3) is 11.3 Å². The molecular weight excluding hydrogens is 238 g/mol. The molecule has 1 aliphatic carbocycles. The van der Waals surface area contributed by atoms with Crippen LogP contribution >= 0.6 is 0 Å². The number of aromatic hydroxyl groups is 1. The molecule has 1 aromatic carbocycles. The summed E-state index contributed by atoms with van der Waals surface area (Å²) >= 11 is 0. The van der Waals surface area contributed by atoms with Crippen molar-refractivity contribution in [3.8, 4) is 17.0 Å². The number of aryl methyl sites for hydroxylation is 1. The highest BCUT2D eigenvalue weighted by Crippen LogP contribution is 2.33. The number of H-pyrrole nitrogens is 1. The summed E-state index contributed by atoms with van der Waals surface area (Å²) in [5.41, 5.74) is 2.62. The minimum Gasteiger partial charge on any atom is -0.508 e. The fourth-order valence-electron chi connectivity index (χ4n) is 2.31. The highest BCUT2D eigenvalue weighted by molar-refractivity contribution is 5.60. The van der Waals surface area contributed by atoms with E-state index in [0.29, 0.717) is 5.69 Å². The van der Waals surface area contributed by atoms with Gasteiger partial charge in [-0.25, -0.2) is 0 Å². The second kappa shape index (κ2) is 4.92. The lowest BCUT2D eigenvalue weighted by atomic mass is 10.0. The van der Waals surface area contributed by atoms with Crippen LogP contribution in [0.15, 0.2) is 41.2 Å². The van der Waals surface area contributed by atoms with Gasteiger partial charge in [0.25, 0.3) is 5.56 Å². The van der Waals surface area contributed by atoms with E-state index in [1.165, 1.54) is 30.9 Å². The third-order valence-corrected chi connectivity index (χ3v) is 3.63. The summed E-state index contributed by atoms with van der Waals surface area (Å²) in [5, 5.41) is 9.44. The molecule has 2 aromatic rings. The van der Waals surface area contributed by atoms with Gasteiger partial charge in [-0.2, -0.15) is 0 Å². The van der Waals surface area contributed by atoms with Crippen LogP contribution in [-0.2, 0) is 6.42 Å². The van der Waals surface area contributed by atoms with Gasteiger partial charge in [-0.1, -0.05) is 37.1 Å². The zero-order valence-corrected chi connectivity index (χ0v) is 10.7. The summed E-state index contributed by atoms with van der Waals surface area (Å²) in [4.78, 5) is 14.0. The van der Waals surface area contributed by atoms with Crippen molar-refractivity contribution in [3.05, 3.63) is 52.3 Å². The van der Waals surface area contributed by atoms with Crippen molar-refractivity contribution in [2.45, 2.75) is 25.7 Å². The molecule has 1 saturated carbocycles.